The quantitative estimate of drug-likeness (QED) is 0.913. The van der Waals surface area contributed by atoms with Crippen molar-refractivity contribution in [2.24, 2.45) is 0 Å². The molecule has 0 radical (unpaired) electrons. The summed E-state index contributed by atoms with van der Waals surface area (Å²) in [6, 6.07) is 7.87. The van der Waals surface area contributed by atoms with E-state index in [0.717, 1.165) is 11.8 Å². The molecule has 3 rings (SSSR count). The number of hydrogen-bond acceptors (Lipinski definition) is 3. The van der Waals surface area contributed by atoms with Gasteiger partial charge in [-0.15, -0.1) is 0 Å². The van der Waals surface area contributed by atoms with E-state index in [0.29, 0.717) is 6.04 Å². The molecular formula is C16H23NOS. The molecule has 0 amide bonds. The zero-order chi connectivity index (χ0) is 13.1. The Bertz CT molecular complexity index is 429. The molecule has 0 saturated carbocycles. The fourth-order valence-corrected chi connectivity index (χ4v) is 4.35. The molecule has 2 aliphatic rings. The number of thioether (sulfide) groups is 1. The number of ether oxygens (including phenoxy) is 1. The molecule has 0 aromatic heterocycles. The van der Waals surface area contributed by atoms with Gasteiger partial charge in [0.25, 0.3) is 0 Å². The maximum absolute atomic E-state index is 5.34. The summed E-state index contributed by atoms with van der Waals surface area (Å²) in [4.78, 5) is 0. The Morgan fingerprint density at radius 3 is 2.84 bits per heavy atom. The van der Waals surface area contributed by atoms with Gasteiger partial charge >= 0.3 is 0 Å². The van der Waals surface area contributed by atoms with Crippen molar-refractivity contribution < 1.29 is 4.74 Å². The summed E-state index contributed by atoms with van der Waals surface area (Å²) >= 11 is 2.09. The number of nitrogens with one attached hydrogen (secondary N) is 1. The third-order valence-electron chi connectivity index (χ3n) is 4.32. The van der Waals surface area contributed by atoms with E-state index in [9.17, 15) is 0 Å². The molecule has 1 saturated heterocycles. The van der Waals surface area contributed by atoms with E-state index in [1.807, 2.05) is 0 Å². The summed E-state index contributed by atoms with van der Waals surface area (Å²) in [5, 5.41) is 3.90. The predicted molar refractivity (Wildman–Crippen MR) is 82.2 cm³/mol. The molecule has 19 heavy (non-hydrogen) atoms. The van der Waals surface area contributed by atoms with Gasteiger partial charge in [-0.05, 0) is 66.9 Å². The van der Waals surface area contributed by atoms with Gasteiger partial charge in [-0.1, -0.05) is 6.07 Å². The standard InChI is InChI=1S/C16H23NOS/c1-18-14-5-6-15-12(11-14)3-2-4-16(15)17-13-7-9-19-10-8-13/h5-6,11,13,16-17H,2-4,7-10H2,1H3. The maximum Gasteiger partial charge on any atom is 0.119 e. The van der Waals surface area contributed by atoms with Crippen LogP contribution in [0.25, 0.3) is 0 Å². The highest BCUT2D eigenvalue weighted by molar-refractivity contribution is 7.99. The topological polar surface area (TPSA) is 21.3 Å². The summed E-state index contributed by atoms with van der Waals surface area (Å²) in [6.45, 7) is 0. The molecule has 1 aliphatic carbocycles. The molecule has 1 aromatic rings. The Morgan fingerprint density at radius 1 is 1.21 bits per heavy atom. The molecule has 1 unspecified atom stereocenters. The fraction of sp³-hybridized carbons (Fsp3) is 0.625. The van der Waals surface area contributed by atoms with E-state index < -0.39 is 0 Å². The van der Waals surface area contributed by atoms with E-state index >= 15 is 0 Å². The number of hydrogen-bond donors (Lipinski definition) is 1. The van der Waals surface area contributed by atoms with Crippen molar-refractivity contribution in [3.8, 4) is 5.75 Å². The van der Waals surface area contributed by atoms with Gasteiger partial charge in [-0.3, -0.25) is 0 Å². The van der Waals surface area contributed by atoms with E-state index in [1.54, 1.807) is 7.11 Å². The first-order valence-corrected chi connectivity index (χ1v) is 8.53. The lowest BCUT2D eigenvalue weighted by atomic mass is 9.87. The van der Waals surface area contributed by atoms with Crippen molar-refractivity contribution >= 4 is 11.8 Å². The third kappa shape index (κ3) is 3.09. The molecule has 0 bridgehead atoms. The van der Waals surface area contributed by atoms with Gasteiger partial charge in [0.05, 0.1) is 7.11 Å². The zero-order valence-corrected chi connectivity index (χ0v) is 12.5. The van der Waals surface area contributed by atoms with Crippen LogP contribution >= 0.6 is 11.8 Å². The second kappa shape index (κ2) is 6.19. The van der Waals surface area contributed by atoms with Crippen molar-refractivity contribution in [2.75, 3.05) is 18.6 Å². The van der Waals surface area contributed by atoms with Crippen LogP contribution in [0.2, 0.25) is 0 Å². The Kier molecular flexibility index (Phi) is 4.34. The zero-order valence-electron chi connectivity index (χ0n) is 11.7. The summed E-state index contributed by atoms with van der Waals surface area (Å²) in [6.07, 6.45) is 6.42. The molecule has 3 heteroatoms. The first-order valence-electron chi connectivity index (χ1n) is 7.37. The van der Waals surface area contributed by atoms with E-state index in [4.69, 9.17) is 4.74 Å². The average Bonchev–Trinajstić information content (AvgIpc) is 2.48. The van der Waals surface area contributed by atoms with Crippen LogP contribution in [0.5, 0.6) is 5.75 Å². The van der Waals surface area contributed by atoms with Gasteiger partial charge in [0.15, 0.2) is 0 Å². The molecule has 1 atom stereocenters. The van der Waals surface area contributed by atoms with Crippen molar-refractivity contribution in [1.29, 1.82) is 0 Å². The van der Waals surface area contributed by atoms with E-state index in [-0.39, 0.29) is 0 Å². The second-order valence-electron chi connectivity index (χ2n) is 5.56. The second-order valence-corrected chi connectivity index (χ2v) is 6.79. The Balaban J connectivity index is 1.74. The van der Waals surface area contributed by atoms with Crippen LogP contribution in [0.1, 0.15) is 42.9 Å². The highest BCUT2D eigenvalue weighted by Crippen LogP contribution is 2.33. The number of aryl methyl sites for hydroxylation is 1. The van der Waals surface area contributed by atoms with Crippen molar-refractivity contribution in [1.82, 2.24) is 5.32 Å². The number of methoxy groups -OCH3 is 1. The molecular weight excluding hydrogens is 254 g/mol. The minimum Gasteiger partial charge on any atom is -0.497 e. The minimum atomic E-state index is 0.558. The highest BCUT2D eigenvalue weighted by atomic mass is 32.2. The van der Waals surface area contributed by atoms with Crippen LogP contribution in [0, 0.1) is 0 Å². The van der Waals surface area contributed by atoms with Crippen LogP contribution in [0.4, 0.5) is 0 Å². The van der Waals surface area contributed by atoms with Gasteiger partial charge in [0, 0.05) is 12.1 Å². The molecule has 1 aromatic carbocycles. The highest BCUT2D eigenvalue weighted by Gasteiger charge is 2.24. The summed E-state index contributed by atoms with van der Waals surface area (Å²) in [5.41, 5.74) is 2.98. The molecule has 2 nitrogen and oxygen atoms in total. The summed E-state index contributed by atoms with van der Waals surface area (Å²) in [7, 11) is 1.75. The number of rotatable bonds is 3. The normalized spacial score (nSPS) is 23.9. The van der Waals surface area contributed by atoms with Crippen LogP contribution < -0.4 is 10.1 Å². The van der Waals surface area contributed by atoms with Crippen molar-refractivity contribution in [3.05, 3.63) is 29.3 Å². The van der Waals surface area contributed by atoms with Crippen molar-refractivity contribution in [3.63, 3.8) is 0 Å². The van der Waals surface area contributed by atoms with E-state index in [1.165, 1.54) is 54.7 Å². The number of benzene rings is 1. The SMILES string of the molecule is COc1ccc2c(c1)CCCC2NC1CCSCC1. The molecule has 1 fully saturated rings. The smallest absolute Gasteiger partial charge is 0.119 e. The average molecular weight is 277 g/mol. The van der Waals surface area contributed by atoms with Gasteiger partial charge < -0.3 is 10.1 Å². The minimum absolute atomic E-state index is 0.558. The number of fused-ring (bicyclic) bond motifs is 1. The van der Waals surface area contributed by atoms with Gasteiger partial charge in [0.1, 0.15) is 5.75 Å². The third-order valence-corrected chi connectivity index (χ3v) is 5.37. The monoisotopic (exact) mass is 277 g/mol. The van der Waals surface area contributed by atoms with Crippen LogP contribution in [0.15, 0.2) is 18.2 Å². The van der Waals surface area contributed by atoms with Gasteiger partial charge in [-0.25, -0.2) is 0 Å². The largest absolute Gasteiger partial charge is 0.497 e. The molecule has 1 aliphatic heterocycles. The first-order chi connectivity index (χ1) is 9.36. The van der Waals surface area contributed by atoms with E-state index in [2.05, 4.69) is 35.3 Å². The Morgan fingerprint density at radius 2 is 2.05 bits per heavy atom. The first kappa shape index (κ1) is 13.3. The fourth-order valence-electron chi connectivity index (χ4n) is 3.24. The van der Waals surface area contributed by atoms with Gasteiger partial charge in [-0.2, -0.15) is 11.8 Å². The Labute approximate surface area is 120 Å². The Hall–Kier alpha value is -0.670. The summed E-state index contributed by atoms with van der Waals surface area (Å²) in [5.74, 6) is 3.63. The predicted octanol–water partition coefficient (Wildman–Crippen LogP) is 3.56. The van der Waals surface area contributed by atoms with Gasteiger partial charge in [0.2, 0.25) is 0 Å². The molecule has 104 valence electrons. The van der Waals surface area contributed by atoms with Crippen LogP contribution in [-0.2, 0) is 6.42 Å². The lowest BCUT2D eigenvalue weighted by Crippen LogP contribution is -2.37. The summed E-state index contributed by atoms with van der Waals surface area (Å²) < 4.78 is 5.34. The van der Waals surface area contributed by atoms with Crippen molar-refractivity contribution in [2.45, 2.75) is 44.2 Å². The van der Waals surface area contributed by atoms with Crippen LogP contribution in [-0.4, -0.2) is 24.7 Å². The van der Waals surface area contributed by atoms with Crippen LogP contribution in [0.3, 0.4) is 0 Å². The molecule has 1 N–H and O–H groups in total. The lowest BCUT2D eigenvalue weighted by molar-refractivity contribution is 0.376. The molecule has 0 spiro atoms. The lowest BCUT2D eigenvalue weighted by Gasteiger charge is -2.32. The molecule has 1 heterocycles. The maximum atomic E-state index is 5.34.